The number of β-amino-alcohol motifs (C(OH)–C–C–N with tert-alkyl or cyclic N) is 1. The Morgan fingerprint density at radius 1 is 0.457 bits per heavy atom. The quantitative estimate of drug-likeness (QED) is 0.0457. The van der Waals surface area contributed by atoms with Gasteiger partial charge in [-0.05, 0) is 152 Å². The zero-order valence-electron chi connectivity index (χ0n) is 65.6. The highest BCUT2D eigenvalue weighted by Crippen LogP contribution is 2.44. The predicted octanol–water partition coefficient (Wildman–Crippen LogP) is 15.0. The molecule has 16 heterocycles. The number of fused-ring (bicyclic) bond motifs is 4. The van der Waals surface area contributed by atoms with Crippen molar-refractivity contribution in [1.82, 2.24) is 91.3 Å². The molecule has 624 valence electrons. The van der Waals surface area contributed by atoms with Gasteiger partial charge < -0.3 is 45.6 Å². The summed E-state index contributed by atoms with van der Waals surface area (Å²) in [5.74, 6) is 1.44. The van der Waals surface area contributed by atoms with Crippen molar-refractivity contribution in [3.05, 3.63) is 145 Å². The molecular formula is C81H102F10N22O3. The van der Waals surface area contributed by atoms with E-state index >= 15 is 8.78 Å². The SMILES string of the molecule is CC(C)(C)C1CN(c2ccc(F)c(-c3[nH]nc4ncccc34)n2)CCN1.CC(C)CC1(O)CNCCN(c2ccc(F)c(-c3[nH]nc4ncccc34)n2)C1.CC(C)C[C@@]1(F)CN(c2ccc(C(F)(F)F)c(-c3[nH]nc4ncccc34)n2)CC[C@H]1O.CC(C)C[C@]1(F)CN(c2ccc(C(F)(F)F)c(-c3[nH]nc4ncccc34)n2)CC[C@@H]1O.[HH].[HH].[HH].[HH]. The number of piperazine rings is 1. The van der Waals surface area contributed by atoms with Gasteiger partial charge in [0.15, 0.2) is 45.6 Å². The Labute approximate surface area is 668 Å². The van der Waals surface area contributed by atoms with Crippen LogP contribution in [0.4, 0.5) is 67.2 Å². The average Bonchev–Trinajstić information content (AvgIpc) is 1.60. The van der Waals surface area contributed by atoms with Gasteiger partial charge in [-0.15, -0.1) is 0 Å². The smallest absolute Gasteiger partial charge is 0.390 e. The standard InChI is InChI=1S/2C21H23F4N5O.C20H25FN6O.C19H23FN6.4H2/c2*1-12(2)10-20(22)11-30(9-7-15(20)31)16-6-5-14(21(23,24)25)18(27-16)17-13-4-3-8-26-19(13)29-28-17;1-13(2)10-20(28)11-22-8-9-27(12-20)16-6-5-15(21)18(24-16)17-14-4-3-7-23-19(14)26-25-17;1-19(2,3)14-11-26(10-9-21-14)15-7-6-13(20)17(23-15)16-12-5-4-8-22-18(12)25-24-16;;;;/h2*3-6,8,12,15,31H,7,9-11H2,1-2H3,(H,26,28,29);3-7,13,22,28H,8-12H2,1-2H3,(H,23,25,26);4-8,14,21H,9-11H2,1-3H3,(H,22,24,25);4*1H/t2*15-,20-;;;;;;/m10....../s1. The van der Waals surface area contributed by atoms with Gasteiger partial charge in [-0.2, -0.15) is 46.7 Å². The summed E-state index contributed by atoms with van der Waals surface area (Å²) in [6, 6.07) is 24.8. The van der Waals surface area contributed by atoms with Gasteiger partial charge in [0, 0.05) is 117 Å². The largest absolute Gasteiger partial charge is 0.418 e. The molecule has 0 saturated carbocycles. The van der Waals surface area contributed by atoms with Crippen molar-refractivity contribution in [2.45, 2.75) is 142 Å². The second-order valence-electron chi connectivity index (χ2n) is 32.5. The molecule has 16 rings (SSSR count). The molecular weight excluding hydrogens is 1520 g/mol. The molecule has 6 atom stereocenters. The number of halogens is 10. The van der Waals surface area contributed by atoms with Gasteiger partial charge in [0.2, 0.25) is 0 Å². The van der Waals surface area contributed by atoms with Crippen molar-refractivity contribution in [3.63, 3.8) is 0 Å². The first-order valence-electron chi connectivity index (χ1n) is 38.6. The van der Waals surface area contributed by atoms with E-state index in [1.807, 2.05) is 50.8 Å². The van der Waals surface area contributed by atoms with Crippen LogP contribution in [0.3, 0.4) is 0 Å². The van der Waals surface area contributed by atoms with Gasteiger partial charge in [0.1, 0.15) is 46.0 Å². The topological polar surface area (TPSA) is 316 Å². The lowest BCUT2D eigenvalue weighted by Crippen LogP contribution is -2.56. The number of hydrogen-bond donors (Lipinski definition) is 9. The van der Waals surface area contributed by atoms with Crippen LogP contribution in [0.1, 0.15) is 111 Å². The van der Waals surface area contributed by atoms with Crippen LogP contribution in [-0.2, 0) is 12.4 Å². The summed E-state index contributed by atoms with van der Waals surface area (Å²) in [7, 11) is 0. The lowest BCUT2D eigenvalue weighted by atomic mass is 9.84. The molecule has 0 spiro atoms. The van der Waals surface area contributed by atoms with E-state index in [2.05, 4.69) is 131 Å². The Kier molecular flexibility index (Phi) is 24.4. The molecule has 0 bridgehead atoms. The molecule has 0 aliphatic carbocycles. The third kappa shape index (κ3) is 18.6. The fraction of sp³-hybridized carbons (Fsp3) is 0.457. The molecule has 9 N–H and O–H groups in total. The zero-order valence-corrected chi connectivity index (χ0v) is 65.6. The summed E-state index contributed by atoms with van der Waals surface area (Å²) in [5, 5.41) is 67.9. The molecule has 25 nitrogen and oxygen atoms in total. The van der Waals surface area contributed by atoms with E-state index in [-0.39, 0.29) is 138 Å². The number of anilines is 4. The Morgan fingerprint density at radius 3 is 1.17 bits per heavy atom. The lowest BCUT2D eigenvalue weighted by Gasteiger charge is -2.42. The summed E-state index contributed by atoms with van der Waals surface area (Å²) >= 11 is 0. The van der Waals surface area contributed by atoms with Crippen molar-refractivity contribution in [2.24, 2.45) is 23.2 Å². The Morgan fingerprint density at radius 2 is 0.802 bits per heavy atom. The molecule has 0 aromatic carbocycles. The van der Waals surface area contributed by atoms with E-state index in [0.29, 0.717) is 77.3 Å². The van der Waals surface area contributed by atoms with Gasteiger partial charge in [0.25, 0.3) is 0 Å². The Balaban J connectivity index is 0.000000180. The van der Waals surface area contributed by atoms with E-state index in [4.69, 9.17) is 0 Å². The number of nitrogens with one attached hydrogen (secondary N) is 6. The predicted molar refractivity (Wildman–Crippen MR) is 432 cm³/mol. The fourth-order valence-corrected chi connectivity index (χ4v) is 15.7. The number of aliphatic hydroxyl groups excluding tert-OH is 2. The van der Waals surface area contributed by atoms with Gasteiger partial charge in [-0.1, -0.05) is 62.3 Å². The molecule has 2 unspecified atom stereocenters. The van der Waals surface area contributed by atoms with E-state index in [1.165, 1.54) is 36.7 Å². The molecule has 4 aliphatic heterocycles. The van der Waals surface area contributed by atoms with E-state index < -0.39 is 58.4 Å². The van der Waals surface area contributed by atoms with Gasteiger partial charge in [-0.3, -0.25) is 20.4 Å². The van der Waals surface area contributed by atoms with Crippen LogP contribution in [0.5, 0.6) is 0 Å². The minimum absolute atomic E-state index is 0. The first-order chi connectivity index (χ1) is 55.0. The first kappa shape index (κ1) is 83.3. The maximum atomic E-state index is 15.5. The number of H-pyrrole nitrogens is 4. The monoisotopic (exact) mass is 1620 g/mol. The molecule has 4 aliphatic rings. The number of aromatic nitrogens is 16. The highest BCUT2D eigenvalue weighted by Gasteiger charge is 2.47. The molecule has 116 heavy (non-hydrogen) atoms. The lowest BCUT2D eigenvalue weighted by molar-refractivity contribution is -0.138. The van der Waals surface area contributed by atoms with Crippen molar-refractivity contribution in [3.8, 4) is 45.6 Å². The minimum Gasteiger partial charge on any atom is -0.390 e. The molecule has 0 radical (unpaired) electrons. The van der Waals surface area contributed by atoms with Crippen molar-refractivity contribution >= 4 is 67.4 Å². The average molecular weight is 1620 g/mol. The van der Waals surface area contributed by atoms with Crippen LogP contribution in [0.15, 0.2) is 122 Å². The molecule has 12 aromatic rings. The maximum absolute atomic E-state index is 15.5. The van der Waals surface area contributed by atoms with Crippen LogP contribution in [0.2, 0.25) is 0 Å². The van der Waals surface area contributed by atoms with E-state index in [0.717, 1.165) is 54.9 Å². The minimum atomic E-state index is -4.64. The van der Waals surface area contributed by atoms with Crippen molar-refractivity contribution in [1.29, 1.82) is 0 Å². The first-order valence-corrected chi connectivity index (χ1v) is 38.6. The molecule has 35 heteroatoms. The van der Waals surface area contributed by atoms with Crippen LogP contribution >= 0.6 is 0 Å². The second-order valence-corrected chi connectivity index (χ2v) is 32.5. The number of rotatable bonds is 14. The number of piperidine rings is 2. The van der Waals surface area contributed by atoms with Gasteiger partial charge >= 0.3 is 12.4 Å². The summed E-state index contributed by atoms with van der Waals surface area (Å²) < 4.78 is 143. The summed E-state index contributed by atoms with van der Waals surface area (Å²) in [6.45, 7) is 23.5. The van der Waals surface area contributed by atoms with Gasteiger partial charge in [-0.25, -0.2) is 57.4 Å². The maximum Gasteiger partial charge on any atom is 0.418 e. The summed E-state index contributed by atoms with van der Waals surface area (Å²) in [6.07, 6.45) is -3.91. The Hall–Kier alpha value is -10.6. The highest BCUT2D eigenvalue weighted by molar-refractivity contribution is 5.93. The van der Waals surface area contributed by atoms with E-state index in [1.54, 1.807) is 64.7 Å². The van der Waals surface area contributed by atoms with E-state index in [9.17, 15) is 50.4 Å². The van der Waals surface area contributed by atoms with Crippen LogP contribution < -0.4 is 30.2 Å². The number of hydrogen-bond acceptors (Lipinski definition) is 21. The third-order valence-electron chi connectivity index (χ3n) is 21.0. The van der Waals surface area contributed by atoms with Crippen LogP contribution in [0, 0.1) is 34.8 Å². The van der Waals surface area contributed by atoms with Crippen LogP contribution in [-0.4, -0.2) is 203 Å². The Bertz CT molecular complexity index is 5230. The number of aliphatic hydroxyl groups is 3. The number of aromatic amines is 4. The van der Waals surface area contributed by atoms with Crippen molar-refractivity contribution in [2.75, 3.05) is 91.6 Å². The number of pyridine rings is 8. The normalized spacial score (nSPS) is 21.1. The van der Waals surface area contributed by atoms with Crippen molar-refractivity contribution < 1.29 is 64.9 Å². The van der Waals surface area contributed by atoms with Crippen LogP contribution in [0.25, 0.3) is 89.7 Å². The summed E-state index contributed by atoms with van der Waals surface area (Å²) in [4.78, 5) is 41.7. The molecule has 4 saturated heterocycles. The number of alkyl halides is 8. The fourth-order valence-electron chi connectivity index (χ4n) is 15.7. The highest BCUT2D eigenvalue weighted by atomic mass is 19.4. The third-order valence-corrected chi connectivity index (χ3v) is 21.0. The second kappa shape index (κ2) is 33.9. The molecule has 0 amide bonds. The molecule has 4 fully saturated rings. The van der Waals surface area contributed by atoms with Gasteiger partial charge in [0.05, 0.1) is 64.8 Å². The molecule has 12 aromatic heterocycles. The number of nitrogens with zero attached hydrogens (tertiary/aromatic N) is 16. The zero-order chi connectivity index (χ0) is 82.8. The summed E-state index contributed by atoms with van der Waals surface area (Å²) in [5.41, 5.74) is -3.51.